The monoisotopic (exact) mass is 258 g/mol. The minimum atomic E-state index is -0.781. The molecule has 2 aromatic rings. The first-order valence-electron chi connectivity index (χ1n) is 6.38. The second-order valence-corrected chi connectivity index (χ2v) is 4.79. The maximum absolute atomic E-state index is 10.9. The summed E-state index contributed by atoms with van der Waals surface area (Å²) in [6.07, 6.45) is 1.77. The van der Waals surface area contributed by atoms with Gasteiger partial charge in [-0.1, -0.05) is 31.2 Å². The highest BCUT2D eigenvalue weighted by Gasteiger charge is 2.18. The predicted octanol–water partition coefficient (Wildman–Crippen LogP) is 2.43. The Hall–Kier alpha value is -1.94. The average molecular weight is 258 g/mol. The summed E-state index contributed by atoms with van der Waals surface area (Å²) in [4.78, 5) is 15.3. The average Bonchev–Trinajstić information content (AvgIpc) is 2.43. The molecule has 0 aliphatic heterocycles. The second kappa shape index (κ2) is 5.80. The third kappa shape index (κ3) is 3.09. The molecular formula is C15H18N2O2. The number of pyridine rings is 1. The molecule has 1 aromatic carbocycles. The molecule has 2 unspecified atom stereocenters. The molecule has 4 nitrogen and oxygen atoms in total. The number of hydrogen-bond acceptors (Lipinski definition) is 3. The van der Waals surface area contributed by atoms with Crippen molar-refractivity contribution in [1.29, 1.82) is 0 Å². The fraction of sp³-hybridized carbons (Fsp3) is 0.333. The number of aliphatic carboxylic acids is 1. The van der Waals surface area contributed by atoms with E-state index in [0.717, 1.165) is 16.5 Å². The van der Waals surface area contributed by atoms with Gasteiger partial charge >= 0.3 is 5.97 Å². The first-order chi connectivity index (χ1) is 9.09. The van der Waals surface area contributed by atoms with E-state index in [1.165, 1.54) is 0 Å². The summed E-state index contributed by atoms with van der Waals surface area (Å²) in [5, 5.41) is 13.3. The van der Waals surface area contributed by atoms with Crippen molar-refractivity contribution in [2.75, 3.05) is 0 Å². The van der Waals surface area contributed by atoms with Gasteiger partial charge in [0, 0.05) is 24.2 Å². The highest BCUT2D eigenvalue weighted by Crippen LogP contribution is 2.16. The molecule has 4 heteroatoms. The van der Waals surface area contributed by atoms with Crippen molar-refractivity contribution in [3.8, 4) is 0 Å². The molecule has 0 saturated heterocycles. The van der Waals surface area contributed by atoms with Gasteiger partial charge in [-0.05, 0) is 18.6 Å². The number of fused-ring (bicyclic) bond motifs is 1. The molecule has 0 radical (unpaired) electrons. The van der Waals surface area contributed by atoms with E-state index in [9.17, 15) is 4.79 Å². The summed E-state index contributed by atoms with van der Waals surface area (Å²) >= 11 is 0. The van der Waals surface area contributed by atoms with Crippen LogP contribution in [0.3, 0.4) is 0 Å². The van der Waals surface area contributed by atoms with Gasteiger partial charge in [0.15, 0.2) is 0 Å². The molecule has 100 valence electrons. The number of carboxylic acids is 1. The number of nitrogens with zero attached hydrogens (tertiary/aromatic N) is 1. The smallest absolute Gasteiger partial charge is 0.307 e. The van der Waals surface area contributed by atoms with Crippen LogP contribution in [0.1, 0.15) is 19.4 Å². The molecule has 0 aliphatic rings. The molecule has 0 saturated carbocycles. The van der Waals surface area contributed by atoms with E-state index in [-0.39, 0.29) is 6.04 Å². The molecule has 1 heterocycles. The number of carboxylic acid groups (broad SMARTS) is 1. The molecule has 2 N–H and O–H groups in total. The Morgan fingerprint density at radius 2 is 2.05 bits per heavy atom. The Kier molecular flexibility index (Phi) is 4.12. The van der Waals surface area contributed by atoms with Gasteiger partial charge in [0.25, 0.3) is 0 Å². The van der Waals surface area contributed by atoms with Gasteiger partial charge in [-0.25, -0.2) is 0 Å². The number of aromatic nitrogens is 1. The third-order valence-electron chi connectivity index (χ3n) is 3.47. The van der Waals surface area contributed by atoms with E-state index < -0.39 is 11.9 Å². The van der Waals surface area contributed by atoms with Crippen LogP contribution in [0.5, 0.6) is 0 Å². The zero-order valence-electron chi connectivity index (χ0n) is 11.1. The number of rotatable bonds is 5. The van der Waals surface area contributed by atoms with E-state index in [4.69, 9.17) is 5.11 Å². The van der Waals surface area contributed by atoms with Crippen LogP contribution in [0, 0.1) is 5.92 Å². The minimum Gasteiger partial charge on any atom is -0.481 e. The zero-order chi connectivity index (χ0) is 13.8. The van der Waals surface area contributed by atoms with E-state index in [2.05, 4.69) is 10.3 Å². The quantitative estimate of drug-likeness (QED) is 0.864. The number of carbonyl (C=O) groups is 1. The Balaban J connectivity index is 2.12. The van der Waals surface area contributed by atoms with Gasteiger partial charge in [-0.15, -0.1) is 0 Å². The summed E-state index contributed by atoms with van der Waals surface area (Å²) < 4.78 is 0. The van der Waals surface area contributed by atoms with Crippen LogP contribution in [0.15, 0.2) is 36.5 Å². The highest BCUT2D eigenvalue weighted by atomic mass is 16.4. The molecule has 0 bridgehead atoms. The molecule has 0 amide bonds. The lowest BCUT2D eigenvalue weighted by Crippen LogP contribution is -2.35. The number of hydrogen-bond donors (Lipinski definition) is 2. The largest absolute Gasteiger partial charge is 0.481 e. The molecular weight excluding hydrogens is 240 g/mol. The Morgan fingerprint density at radius 3 is 2.79 bits per heavy atom. The van der Waals surface area contributed by atoms with Gasteiger partial charge in [0.05, 0.1) is 11.4 Å². The Labute approximate surface area is 112 Å². The third-order valence-corrected chi connectivity index (χ3v) is 3.47. The normalized spacial score (nSPS) is 14.2. The van der Waals surface area contributed by atoms with Crippen LogP contribution in [-0.2, 0) is 11.3 Å². The van der Waals surface area contributed by atoms with Crippen LogP contribution in [-0.4, -0.2) is 22.1 Å². The SMILES string of the molecule is CC(NCc1cccc2cccnc12)C(C)C(=O)O. The van der Waals surface area contributed by atoms with Crippen LogP contribution >= 0.6 is 0 Å². The molecule has 2 atom stereocenters. The molecule has 0 fully saturated rings. The van der Waals surface area contributed by atoms with Gasteiger partial charge in [-0.3, -0.25) is 9.78 Å². The van der Waals surface area contributed by atoms with Crippen molar-refractivity contribution in [3.05, 3.63) is 42.1 Å². The fourth-order valence-corrected chi connectivity index (χ4v) is 1.97. The van der Waals surface area contributed by atoms with Crippen molar-refractivity contribution >= 4 is 16.9 Å². The first kappa shape index (κ1) is 13.5. The van der Waals surface area contributed by atoms with E-state index in [0.29, 0.717) is 6.54 Å². The highest BCUT2D eigenvalue weighted by molar-refractivity contribution is 5.81. The lowest BCUT2D eigenvalue weighted by Gasteiger charge is -2.18. The van der Waals surface area contributed by atoms with Crippen LogP contribution in [0.4, 0.5) is 0 Å². The van der Waals surface area contributed by atoms with Crippen molar-refractivity contribution in [3.63, 3.8) is 0 Å². The lowest BCUT2D eigenvalue weighted by atomic mass is 10.0. The molecule has 1 aromatic heterocycles. The number of benzene rings is 1. The van der Waals surface area contributed by atoms with E-state index in [1.54, 1.807) is 13.1 Å². The standard InChI is InChI=1S/C15H18N2O2/c1-10(15(18)19)11(2)17-9-13-6-3-5-12-7-4-8-16-14(12)13/h3-8,10-11,17H,9H2,1-2H3,(H,18,19). The summed E-state index contributed by atoms with van der Waals surface area (Å²) in [6.45, 7) is 4.21. The van der Waals surface area contributed by atoms with Gasteiger partial charge in [0.2, 0.25) is 0 Å². The number of nitrogens with one attached hydrogen (secondary N) is 1. The molecule has 2 rings (SSSR count). The van der Waals surface area contributed by atoms with Gasteiger partial charge in [-0.2, -0.15) is 0 Å². The van der Waals surface area contributed by atoms with Crippen molar-refractivity contribution in [1.82, 2.24) is 10.3 Å². The second-order valence-electron chi connectivity index (χ2n) is 4.79. The van der Waals surface area contributed by atoms with E-state index >= 15 is 0 Å². The van der Waals surface area contributed by atoms with Gasteiger partial charge < -0.3 is 10.4 Å². The van der Waals surface area contributed by atoms with Crippen molar-refractivity contribution < 1.29 is 9.90 Å². The first-order valence-corrected chi connectivity index (χ1v) is 6.38. The summed E-state index contributed by atoms with van der Waals surface area (Å²) in [5.74, 6) is -1.20. The fourth-order valence-electron chi connectivity index (χ4n) is 1.97. The molecule has 19 heavy (non-hydrogen) atoms. The van der Waals surface area contributed by atoms with Crippen LogP contribution in [0.2, 0.25) is 0 Å². The predicted molar refractivity (Wildman–Crippen MR) is 74.8 cm³/mol. The molecule has 0 aliphatic carbocycles. The summed E-state index contributed by atoms with van der Waals surface area (Å²) in [6, 6.07) is 9.88. The summed E-state index contributed by atoms with van der Waals surface area (Å²) in [5.41, 5.74) is 2.05. The molecule has 0 spiro atoms. The van der Waals surface area contributed by atoms with Crippen LogP contribution in [0.25, 0.3) is 10.9 Å². The maximum Gasteiger partial charge on any atom is 0.307 e. The van der Waals surface area contributed by atoms with E-state index in [1.807, 2.05) is 37.3 Å². The van der Waals surface area contributed by atoms with Crippen LogP contribution < -0.4 is 5.32 Å². The Morgan fingerprint density at radius 1 is 1.32 bits per heavy atom. The number of para-hydroxylation sites is 1. The van der Waals surface area contributed by atoms with Gasteiger partial charge in [0.1, 0.15) is 0 Å². The minimum absolute atomic E-state index is 0.0866. The van der Waals surface area contributed by atoms with Crippen molar-refractivity contribution in [2.45, 2.75) is 26.4 Å². The zero-order valence-corrected chi connectivity index (χ0v) is 11.1. The summed E-state index contributed by atoms with van der Waals surface area (Å²) in [7, 11) is 0. The van der Waals surface area contributed by atoms with Crippen molar-refractivity contribution in [2.24, 2.45) is 5.92 Å². The maximum atomic E-state index is 10.9. The Bertz CT molecular complexity index is 578. The topological polar surface area (TPSA) is 62.2 Å². The lowest BCUT2D eigenvalue weighted by molar-refractivity contribution is -0.141.